The molecule has 0 saturated heterocycles. The van der Waals surface area contributed by atoms with Crippen molar-refractivity contribution in [2.45, 2.75) is 19.4 Å². The van der Waals surface area contributed by atoms with Crippen molar-refractivity contribution in [2.24, 2.45) is 0 Å². The lowest BCUT2D eigenvalue weighted by atomic mass is 10.1. The van der Waals surface area contributed by atoms with Gasteiger partial charge in [0.15, 0.2) is 0 Å². The number of ether oxygens (including phenoxy) is 1. The van der Waals surface area contributed by atoms with E-state index in [4.69, 9.17) is 21.3 Å². The minimum Gasteiger partial charge on any atom is -0.383 e. The Morgan fingerprint density at radius 1 is 1.09 bits per heavy atom. The van der Waals surface area contributed by atoms with Gasteiger partial charge in [0.25, 0.3) is 11.5 Å². The van der Waals surface area contributed by atoms with Crippen molar-refractivity contribution >= 4 is 28.4 Å². The Morgan fingerprint density at radius 3 is 2.46 bits per heavy atom. The largest absolute Gasteiger partial charge is 0.383 e. The van der Waals surface area contributed by atoms with E-state index < -0.39 is 11.9 Å². The fourth-order valence-corrected chi connectivity index (χ4v) is 4.35. The average Bonchev–Trinajstić information content (AvgIpc) is 2.87. The van der Waals surface area contributed by atoms with Gasteiger partial charge in [-0.25, -0.2) is 9.37 Å². The molecule has 0 aliphatic carbocycles. The van der Waals surface area contributed by atoms with Crippen molar-refractivity contribution in [1.29, 1.82) is 0 Å². The fourth-order valence-electron chi connectivity index (χ4n) is 4.13. The monoisotopic (exact) mass is 493 g/mol. The predicted molar refractivity (Wildman–Crippen MR) is 135 cm³/mol. The van der Waals surface area contributed by atoms with Crippen LogP contribution in [0.25, 0.3) is 16.6 Å². The maximum atomic E-state index is 13.7. The number of amides is 1. The van der Waals surface area contributed by atoms with Gasteiger partial charge in [0.1, 0.15) is 11.6 Å². The van der Waals surface area contributed by atoms with Crippen LogP contribution in [-0.4, -0.2) is 40.6 Å². The molecule has 1 heterocycles. The van der Waals surface area contributed by atoms with Crippen LogP contribution in [0.4, 0.5) is 4.39 Å². The molecule has 3 aromatic carbocycles. The second kappa shape index (κ2) is 10.8. The number of nitrogens with zero attached hydrogens (tertiary/aromatic N) is 3. The summed E-state index contributed by atoms with van der Waals surface area (Å²) in [5, 5.41) is 0.758. The Bertz CT molecular complexity index is 1410. The van der Waals surface area contributed by atoms with Crippen molar-refractivity contribution < 1.29 is 13.9 Å². The zero-order valence-electron chi connectivity index (χ0n) is 19.4. The van der Waals surface area contributed by atoms with Gasteiger partial charge in [0.05, 0.1) is 39.8 Å². The average molecular weight is 494 g/mol. The van der Waals surface area contributed by atoms with Crippen LogP contribution in [-0.2, 0) is 4.74 Å². The number of benzene rings is 3. The van der Waals surface area contributed by atoms with Crippen LogP contribution >= 0.6 is 11.6 Å². The highest BCUT2D eigenvalue weighted by atomic mass is 35.5. The Morgan fingerprint density at radius 2 is 1.77 bits per heavy atom. The third-order valence-electron chi connectivity index (χ3n) is 5.85. The highest BCUT2D eigenvalue weighted by Gasteiger charge is 2.30. The Hall–Kier alpha value is -3.55. The number of carbonyl (C=O) groups excluding carboxylic acids is 1. The topological polar surface area (TPSA) is 64.4 Å². The molecule has 1 atom stereocenters. The van der Waals surface area contributed by atoms with E-state index in [1.54, 1.807) is 60.5 Å². The van der Waals surface area contributed by atoms with Crippen LogP contribution in [0.1, 0.15) is 35.6 Å². The van der Waals surface area contributed by atoms with Crippen LogP contribution in [0.15, 0.2) is 77.6 Å². The highest BCUT2D eigenvalue weighted by molar-refractivity contribution is 6.33. The van der Waals surface area contributed by atoms with Gasteiger partial charge >= 0.3 is 0 Å². The molecule has 1 amide bonds. The zero-order chi connectivity index (χ0) is 24.9. The molecule has 0 radical (unpaired) electrons. The van der Waals surface area contributed by atoms with Gasteiger partial charge in [0, 0.05) is 13.7 Å². The molecule has 0 aliphatic rings. The minimum atomic E-state index is -0.587. The molecule has 0 bridgehead atoms. The molecule has 35 heavy (non-hydrogen) atoms. The molecule has 8 heteroatoms. The molecule has 0 spiro atoms. The lowest BCUT2D eigenvalue weighted by molar-refractivity contribution is 0.0579. The maximum Gasteiger partial charge on any atom is 0.266 e. The van der Waals surface area contributed by atoms with Crippen LogP contribution in [0, 0.1) is 5.82 Å². The molecule has 0 N–H and O–H groups in total. The lowest BCUT2D eigenvalue weighted by Crippen LogP contribution is -2.40. The number of fused-ring (bicyclic) bond motifs is 1. The Labute approximate surface area is 207 Å². The minimum absolute atomic E-state index is 0.255. The summed E-state index contributed by atoms with van der Waals surface area (Å²) in [4.78, 5) is 33.8. The second-order valence-corrected chi connectivity index (χ2v) is 8.41. The fraction of sp³-hybridized carbons (Fsp3) is 0.222. The number of rotatable bonds is 8. The lowest BCUT2D eigenvalue weighted by Gasteiger charge is -2.32. The number of hydrogen-bond donors (Lipinski definition) is 0. The van der Waals surface area contributed by atoms with Crippen LogP contribution in [0.2, 0.25) is 5.02 Å². The van der Waals surface area contributed by atoms with Crippen LogP contribution < -0.4 is 5.56 Å². The number of halogens is 2. The van der Waals surface area contributed by atoms with Gasteiger partial charge in [-0.1, -0.05) is 42.8 Å². The zero-order valence-corrected chi connectivity index (χ0v) is 20.2. The van der Waals surface area contributed by atoms with E-state index in [0.29, 0.717) is 39.4 Å². The van der Waals surface area contributed by atoms with E-state index in [2.05, 4.69) is 0 Å². The van der Waals surface area contributed by atoms with Gasteiger partial charge < -0.3 is 9.64 Å². The molecule has 6 nitrogen and oxygen atoms in total. The molecular weight excluding hydrogens is 469 g/mol. The van der Waals surface area contributed by atoms with Gasteiger partial charge in [-0.3, -0.25) is 14.2 Å². The standard InChI is InChI=1S/C27H25ClFN3O3/c1-3-24(31(16-17-35-2)26(33)20-8-4-6-10-22(20)28)25-30-23-11-7-5-9-21(23)27(34)32(25)19-14-12-18(29)13-15-19/h4-15,24H,3,16-17H2,1-2H3. The number of aromatic nitrogens is 2. The summed E-state index contributed by atoms with van der Waals surface area (Å²) < 4.78 is 20.4. The number of hydrogen-bond acceptors (Lipinski definition) is 4. The van der Waals surface area contributed by atoms with E-state index in [0.717, 1.165) is 0 Å². The summed E-state index contributed by atoms with van der Waals surface area (Å²) in [5.74, 6) is -0.341. The van der Waals surface area contributed by atoms with Crippen molar-refractivity contribution in [3.8, 4) is 5.69 Å². The molecule has 4 aromatic rings. The summed E-state index contributed by atoms with van der Waals surface area (Å²) in [7, 11) is 1.56. The first-order valence-electron chi connectivity index (χ1n) is 11.3. The van der Waals surface area contributed by atoms with E-state index in [9.17, 15) is 14.0 Å². The van der Waals surface area contributed by atoms with Crippen LogP contribution in [0.3, 0.4) is 0 Å². The Kier molecular flexibility index (Phi) is 7.58. The summed E-state index contributed by atoms with van der Waals surface area (Å²) >= 11 is 6.35. The van der Waals surface area contributed by atoms with E-state index in [-0.39, 0.29) is 24.6 Å². The summed E-state index contributed by atoms with van der Waals surface area (Å²) in [6, 6.07) is 18.9. The van der Waals surface area contributed by atoms with Crippen molar-refractivity contribution in [2.75, 3.05) is 20.3 Å². The van der Waals surface area contributed by atoms with E-state index in [1.165, 1.54) is 28.8 Å². The van der Waals surface area contributed by atoms with Gasteiger partial charge in [-0.05, 0) is 55.0 Å². The van der Waals surface area contributed by atoms with Gasteiger partial charge in [0.2, 0.25) is 0 Å². The molecule has 0 aliphatic heterocycles. The molecule has 180 valence electrons. The first kappa shape index (κ1) is 24.6. The van der Waals surface area contributed by atoms with Gasteiger partial charge in [-0.2, -0.15) is 0 Å². The molecular formula is C27H25ClFN3O3. The molecule has 4 rings (SSSR count). The molecule has 1 aromatic heterocycles. The van der Waals surface area contributed by atoms with E-state index >= 15 is 0 Å². The normalized spacial score (nSPS) is 12.0. The molecule has 1 unspecified atom stereocenters. The quantitative estimate of drug-likeness (QED) is 0.329. The summed E-state index contributed by atoms with van der Waals surface area (Å²) in [5.41, 5.74) is 1.02. The number of methoxy groups -OCH3 is 1. The Balaban J connectivity index is 1.95. The number of carbonyl (C=O) groups is 1. The number of para-hydroxylation sites is 1. The maximum absolute atomic E-state index is 13.7. The predicted octanol–water partition coefficient (Wildman–Crippen LogP) is 5.42. The summed E-state index contributed by atoms with van der Waals surface area (Å²) in [6.45, 7) is 2.45. The SMILES string of the molecule is CCC(c1nc2ccccc2c(=O)n1-c1ccc(F)cc1)N(CCOC)C(=O)c1ccccc1Cl. The smallest absolute Gasteiger partial charge is 0.266 e. The molecule has 0 saturated carbocycles. The molecule has 0 fully saturated rings. The van der Waals surface area contributed by atoms with E-state index in [1.807, 2.05) is 6.92 Å². The second-order valence-electron chi connectivity index (χ2n) is 8.00. The van der Waals surface area contributed by atoms with Gasteiger partial charge in [-0.15, -0.1) is 0 Å². The van der Waals surface area contributed by atoms with Crippen molar-refractivity contribution in [3.63, 3.8) is 0 Å². The first-order valence-corrected chi connectivity index (χ1v) is 11.7. The third-order valence-corrected chi connectivity index (χ3v) is 6.18. The van der Waals surface area contributed by atoms with Crippen molar-refractivity contribution in [1.82, 2.24) is 14.5 Å². The van der Waals surface area contributed by atoms with Crippen LogP contribution in [0.5, 0.6) is 0 Å². The van der Waals surface area contributed by atoms with Crippen molar-refractivity contribution in [3.05, 3.63) is 105 Å². The third kappa shape index (κ3) is 4.97. The summed E-state index contributed by atoms with van der Waals surface area (Å²) in [6.07, 6.45) is 0.464. The highest BCUT2D eigenvalue weighted by Crippen LogP contribution is 2.29. The first-order chi connectivity index (χ1) is 17.0.